The molecule has 0 radical (unpaired) electrons. The third kappa shape index (κ3) is 4.28. The zero-order valence-corrected chi connectivity index (χ0v) is 19.3. The van der Waals surface area contributed by atoms with E-state index in [2.05, 4.69) is 79.7 Å². The van der Waals surface area contributed by atoms with E-state index < -0.39 is 7.73 Å². The fourth-order valence-corrected chi connectivity index (χ4v) is 4.83. The quantitative estimate of drug-likeness (QED) is 0.418. The van der Waals surface area contributed by atoms with E-state index in [0.29, 0.717) is 0 Å². The van der Waals surface area contributed by atoms with Crippen molar-refractivity contribution in [3.63, 3.8) is 0 Å². The number of aryl methyl sites for hydroxylation is 2. The van der Waals surface area contributed by atoms with Gasteiger partial charge in [0, 0.05) is 17.5 Å². The number of halogens is 1. The van der Waals surface area contributed by atoms with Gasteiger partial charge in [0.2, 0.25) is 0 Å². The average Bonchev–Trinajstić information content (AvgIpc) is 2.48. The summed E-state index contributed by atoms with van der Waals surface area (Å²) in [6.45, 7) is 17.5. The van der Waals surface area contributed by atoms with Crippen LogP contribution in [-0.2, 0) is 17.3 Å². The van der Waals surface area contributed by atoms with Crippen molar-refractivity contribution in [3.8, 4) is 11.5 Å². The van der Waals surface area contributed by atoms with Gasteiger partial charge in [-0.3, -0.25) is 0 Å². The predicted octanol–water partition coefficient (Wildman–Crippen LogP) is 7.73. The lowest BCUT2D eigenvalue weighted by Crippen LogP contribution is -2.18. The molecule has 1 heterocycles. The molecular weight excluding hydrogens is 375 g/mol. The minimum Gasteiger partial charge on any atom is -0.427 e. The second kappa shape index (κ2) is 6.98. The van der Waals surface area contributed by atoms with Gasteiger partial charge in [0.25, 0.3) is 0 Å². The molecule has 1 aliphatic heterocycles. The average molecular weight is 405 g/mol. The van der Waals surface area contributed by atoms with Gasteiger partial charge in [-0.1, -0.05) is 76.9 Å². The Labute approximate surface area is 169 Å². The van der Waals surface area contributed by atoms with Crippen LogP contribution in [0, 0.1) is 13.8 Å². The summed E-state index contributed by atoms with van der Waals surface area (Å²) in [6.07, 6.45) is 0.778. The normalized spacial score (nSPS) is 15.1. The van der Waals surface area contributed by atoms with Crippen LogP contribution in [0.2, 0.25) is 0 Å². The molecule has 0 spiro atoms. The molecule has 0 saturated carbocycles. The van der Waals surface area contributed by atoms with Crippen molar-refractivity contribution >= 4 is 19.0 Å². The largest absolute Gasteiger partial charge is 0.427 e. The van der Waals surface area contributed by atoms with Crippen LogP contribution in [-0.4, -0.2) is 0 Å². The maximum atomic E-state index is 6.59. The zero-order valence-electron chi connectivity index (χ0n) is 17.7. The molecule has 2 aromatic rings. The number of benzene rings is 2. The van der Waals surface area contributed by atoms with Crippen molar-refractivity contribution in [2.45, 2.75) is 72.6 Å². The number of hydrogen-bond acceptors (Lipinski definition) is 2. The van der Waals surface area contributed by atoms with E-state index in [1.165, 1.54) is 33.4 Å². The highest BCUT2D eigenvalue weighted by atomic mass is 35.7. The van der Waals surface area contributed by atoms with Crippen LogP contribution in [0.1, 0.15) is 74.9 Å². The van der Waals surface area contributed by atoms with Crippen molar-refractivity contribution < 1.29 is 9.05 Å². The van der Waals surface area contributed by atoms with Crippen molar-refractivity contribution in [1.29, 1.82) is 0 Å². The van der Waals surface area contributed by atoms with E-state index in [0.717, 1.165) is 17.9 Å². The molecule has 0 aliphatic carbocycles. The molecule has 2 nitrogen and oxygen atoms in total. The van der Waals surface area contributed by atoms with E-state index in [1.807, 2.05) is 0 Å². The minimum atomic E-state index is -1.58. The smallest absolute Gasteiger partial charge is 0.401 e. The molecule has 0 saturated heterocycles. The molecule has 27 heavy (non-hydrogen) atoms. The van der Waals surface area contributed by atoms with Gasteiger partial charge in [0.05, 0.1) is 0 Å². The highest BCUT2D eigenvalue weighted by Crippen LogP contribution is 2.53. The lowest BCUT2D eigenvalue weighted by Gasteiger charge is -2.31. The predicted molar refractivity (Wildman–Crippen MR) is 117 cm³/mol. The van der Waals surface area contributed by atoms with Crippen LogP contribution in [0.4, 0.5) is 0 Å². The Morgan fingerprint density at radius 2 is 1.11 bits per heavy atom. The Morgan fingerprint density at radius 3 is 1.44 bits per heavy atom. The van der Waals surface area contributed by atoms with Crippen LogP contribution in [0.15, 0.2) is 24.3 Å². The maximum Gasteiger partial charge on any atom is 0.401 e. The molecule has 0 unspecified atom stereocenters. The van der Waals surface area contributed by atoms with Gasteiger partial charge in [-0.05, 0) is 47.0 Å². The first kappa shape index (κ1) is 20.5. The Hall–Kier alpha value is -1.24. The van der Waals surface area contributed by atoms with E-state index in [4.69, 9.17) is 20.3 Å². The summed E-state index contributed by atoms with van der Waals surface area (Å²) in [4.78, 5) is 0. The fourth-order valence-electron chi connectivity index (χ4n) is 3.66. The molecule has 3 rings (SSSR count). The van der Waals surface area contributed by atoms with Gasteiger partial charge in [0.15, 0.2) is 0 Å². The molecular formula is C23H30ClO2P. The first-order valence-electron chi connectivity index (χ1n) is 9.46. The van der Waals surface area contributed by atoms with E-state index in [9.17, 15) is 0 Å². The first-order chi connectivity index (χ1) is 12.4. The molecule has 0 atom stereocenters. The third-order valence-electron chi connectivity index (χ3n) is 4.94. The molecule has 4 heteroatoms. The van der Waals surface area contributed by atoms with E-state index in [-0.39, 0.29) is 10.8 Å². The minimum absolute atomic E-state index is 0.0334. The molecule has 0 amide bonds. The Balaban J connectivity index is 2.26. The summed E-state index contributed by atoms with van der Waals surface area (Å²) in [6, 6.07) is 8.86. The van der Waals surface area contributed by atoms with E-state index >= 15 is 0 Å². The summed E-state index contributed by atoms with van der Waals surface area (Å²) in [7, 11) is -1.58. The van der Waals surface area contributed by atoms with Crippen molar-refractivity contribution in [2.75, 3.05) is 0 Å². The molecule has 146 valence electrons. The lowest BCUT2D eigenvalue weighted by atomic mass is 9.81. The molecule has 0 aromatic heterocycles. The van der Waals surface area contributed by atoms with E-state index in [1.54, 1.807) is 0 Å². The first-order valence-corrected chi connectivity index (χ1v) is 11.5. The SMILES string of the molecule is Cc1cc2c(c(C(C)(C)C)c1)OP(Cl)Oc1c(cc(C)cc1C(C)(C)C)C2. The van der Waals surface area contributed by atoms with Crippen LogP contribution < -0.4 is 9.05 Å². The van der Waals surface area contributed by atoms with Gasteiger partial charge >= 0.3 is 7.73 Å². The Kier molecular flexibility index (Phi) is 5.30. The Bertz CT molecular complexity index is 804. The summed E-state index contributed by atoms with van der Waals surface area (Å²) < 4.78 is 12.4. The maximum absolute atomic E-state index is 6.59. The summed E-state index contributed by atoms with van der Waals surface area (Å²) in [5, 5.41) is 0. The Morgan fingerprint density at radius 1 is 0.741 bits per heavy atom. The van der Waals surface area contributed by atoms with Gasteiger partial charge in [-0.15, -0.1) is 0 Å². The topological polar surface area (TPSA) is 18.5 Å². The van der Waals surface area contributed by atoms with Crippen molar-refractivity contribution in [1.82, 2.24) is 0 Å². The van der Waals surface area contributed by atoms with Gasteiger partial charge in [-0.25, -0.2) is 0 Å². The second-order valence-electron chi connectivity index (χ2n) is 9.67. The zero-order chi connectivity index (χ0) is 20.1. The highest BCUT2D eigenvalue weighted by Gasteiger charge is 2.31. The fraction of sp³-hybridized carbons (Fsp3) is 0.478. The second-order valence-corrected chi connectivity index (χ2v) is 11.3. The highest BCUT2D eigenvalue weighted by molar-refractivity contribution is 7.76. The van der Waals surface area contributed by atoms with Crippen LogP contribution in [0.3, 0.4) is 0 Å². The molecule has 2 aromatic carbocycles. The number of rotatable bonds is 0. The van der Waals surface area contributed by atoms with Gasteiger partial charge in [0.1, 0.15) is 11.5 Å². The van der Waals surface area contributed by atoms with Gasteiger partial charge in [-0.2, -0.15) is 0 Å². The number of hydrogen-bond donors (Lipinski definition) is 0. The summed E-state index contributed by atoms with van der Waals surface area (Å²) >= 11 is 6.59. The van der Waals surface area contributed by atoms with Crippen LogP contribution in [0.5, 0.6) is 11.5 Å². The number of fused-ring (bicyclic) bond motifs is 2. The molecule has 0 fully saturated rings. The molecule has 1 aliphatic rings. The molecule has 0 bridgehead atoms. The van der Waals surface area contributed by atoms with Crippen LogP contribution >= 0.6 is 19.0 Å². The van der Waals surface area contributed by atoms with Crippen LogP contribution in [0.25, 0.3) is 0 Å². The summed E-state index contributed by atoms with van der Waals surface area (Å²) in [5.41, 5.74) is 7.15. The standard InChI is InChI=1S/C23H30ClO2P/c1-14-9-16-13-17-10-15(2)12-19(23(6,7)8)21(17)26-27(24)25-20(16)18(11-14)22(3,4)5/h9-12H,13H2,1-8H3. The molecule has 0 N–H and O–H groups in total. The lowest BCUT2D eigenvalue weighted by molar-refractivity contribution is 0.461. The summed E-state index contributed by atoms with van der Waals surface area (Å²) in [5.74, 6) is 1.78. The van der Waals surface area contributed by atoms with Gasteiger partial charge < -0.3 is 9.05 Å². The van der Waals surface area contributed by atoms with Crippen molar-refractivity contribution in [2.24, 2.45) is 0 Å². The monoisotopic (exact) mass is 404 g/mol. The third-order valence-corrected chi connectivity index (χ3v) is 6.01. The van der Waals surface area contributed by atoms with Crippen molar-refractivity contribution in [3.05, 3.63) is 57.6 Å².